The van der Waals surface area contributed by atoms with Gasteiger partial charge in [0.1, 0.15) is 0 Å². The first-order chi connectivity index (χ1) is 15.1. The number of oxime groups is 1. The lowest BCUT2D eigenvalue weighted by Gasteiger charge is -2.33. The molecule has 4 rings (SSSR count). The zero-order chi connectivity index (χ0) is 21.7. The number of rotatable bonds is 7. The van der Waals surface area contributed by atoms with Crippen LogP contribution in [0.15, 0.2) is 96.2 Å². The van der Waals surface area contributed by atoms with Crippen molar-refractivity contribution in [3.05, 3.63) is 114 Å². The fraction of sp³-hybridized carbons (Fsp3) is 0.0435. The summed E-state index contributed by atoms with van der Waals surface area (Å²) in [5, 5.41) is 3.52. The Morgan fingerprint density at radius 1 is 0.875 bits per heavy atom. The Balaban J connectivity index is 0.00000289. The molecule has 0 radical (unpaired) electrons. The van der Waals surface area contributed by atoms with Crippen molar-refractivity contribution in [2.45, 2.75) is 5.60 Å². The molecule has 0 saturated heterocycles. The summed E-state index contributed by atoms with van der Waals surface area (Å²) in [5.41, 5.74) is 6.76. The highest BCUT2D eigenvalue weighted by Crippen LogP contribution is 2.40. The van der Waals surface area contributed by atoms with Crippen LogP contribution >= 0.6 is 35.5 Å². The van der Waals surface area contributed by atoms with E-state index in [0.29, 0.717) is 0 Å². The van der Waals surface area contributed by atoms with Gasteiger partial charge in [0, 0.05) is 28.2 Å². The van der Waals surface area contributed by atoms with E-state index in [9.17, 15) is 4.79 Å². The second-order valence-corrected chi connectivity index (χ2v) is 7.67. The predicted molar refractivity (Wildman–Crippen MR) is 129 cm³/mol. The van der Waals surface area contributed by atoms with Crippen LogP contribution in [0.3, 0.4) is 0 Å². The third-order valence-electron chi connectivity index (χ3n) is 4.65. The molecule has 0 aliphatic rings. The lowest BCUT2D eigenvalue weighted by atomic mass is 9.80. The second kappa shape index (κ2) is 10.4. The van der Waals surface area contributed by atoms with Crippen LogP contribution in [0.5, 0.6) is 0 Å². The smallest absolute Gasteiger partial charge is 0.278 e. The van der Waals surface area contributed by atoms with Gasteiger partial charge in [0.05, 0.1) is 0 Å². The number of aromatic nitrogens is 2. The number of hydrogen-bond donors (Lipinski definition) is 1. The van der Waals surface area contributed by atoms with Crippen molar-refractivity contribution >= 4 is 51.6 Å². The van der Waals surface area contributed by atoms with Crippen molar-refractivity contribution in [3.63, 3.8) is 0 Å². The number of carbonyl (C=O) groups excluding carboxylic acids is 1. The van der Waals surface area contributed by atoms with E-state index < -0.39 is 10.8 Å². The SMILES string of the molecule is Cl.Nc1nc(/C(=N\OC(c2ccccc2)(c2ccccc2)c2ccccc2)C(=O)Cl)ns1. The summed E-state index contributed by atoms with van der Waals surface area (Å²) in [5.74, 6) is 0.0191. The first-order valence-corrected chi connectivity index (χ1v) is 10.5. The molecule has 3 aromatic carbocycles. The zero-order valence-electron chi connectivity index (χ0n) is 16.6. The molecular weight excluding hydrogens is 467 g/mol. The molecular formula is C23H18Cl2N4O2S. The van der Waals surface area contributed by atoms with Gasteiger partial charge in [-0.1, -0.05) is 96.2 Å². The molecule has 6 nitrogen and oxygen atoms in total. The molecule has 0 atom stereocenters. The van der Waals surface area contributed by atoms with Crippen molar-refractivity contribution in [2.75, 3.05) is 5.73 Å². The number of nitrogens with zero attached hydrogens (tertiary/aromatic N) is 3. The molecule has 0 saturated carbocycles. The van der Waals surface area contributed by atoms with Crippen LogP contribution in [0.25, 0.3) is 0 Å². The van der Waals surface area contributed by atoms with Crippen LogP contribution in [0, 0.1) is 0 Å². The third kappa shape index (κ3) is 4.65. The van der Waals surface area contributed by atoms with Gasteiger partial charge in [-0.3, -0.25) is 4.79 Å². The normalized spacial score (nSPS) is 11.5. The molecule has 9 heteroatoms. The molecule has 0 spiro atoms. The molecule has 2 N–H and O–H groups in total. The van der Waals surface area contributed by atoms with Gasteiger partial charge in [0.2, 0.25) is 17.1 Å². The van der Waals surface area contributed by atoms with Gasteiger partial charge in [0.15, 0.2) is 5.13 Å². The van der Waals surface area contributed by atoms with Crippen LogP contribution in [0.4, 0.5) is 5.13 Å². The van der Waals surface area contributed by atoms with Crippen molar-refractivity contribution < 1.29 is 9.63 Å². The van der Waals surface area contributed by atoms with E-state index in [-0.39, 0.29) is 29.1 Å². The predicted octanol–water partition coefficient (Wildman–Crippen LogP) is 5.02. The molecule has 1 aromatic heterocycles. The maximum absolute atomic E-state index is 12.1. The maximum atomic E-state index is 12.1. The zero-order valence-corrected chi connectivity index (χ0v) is 19.0. The Hall–Kier alpha value is -3.26. The number of nitrogen functional groups attached to an aromatic ring is 1. The molecule has 0 unspecified atom stereocenters. The van der Waals surface area contributed by atoms with Gasteiger partial charge in [-0.05, 0) is 11.6 Å². The standard InChI is InChI=1S/C23H17ClN4O2S.ClH/c24-20(29)19(21-26-22(25)31-28-21)27-30-23(16-10-4-1-5-11-16,17-12-6-2-7-13-17)18-14-8-3-9-15-18;/h1-15H,(H2,25,26,28);1H/b27-19-;. The van der Waals surface area contributed by atoms with E-state index in [0.717, 1.165) is 28.2 Å². The number of anilines is 1. The Labute approximate surface area is 200 Å². The number of hydrogen-bond acceptors (Lipinski definition) is 7. The Morgan fingerprint density at radius 2 is 1.31 bits per heavy atom. The first kappa shape index (κ1) is 23.4. The van der Waals surface area contributed by atoms with Gasteiger partial charge in [-0.2, -0.15) is 9.36 Å². The topological polar surface area (TPSA) is 90.5 Å². The van der Waals surface area contributed by atoms with Crippen LogP contribution in [0.1, 0.15) is 22.5 Å². The summed E-state index contributed by atoms with van der Waals surface area (Å²) in [6.07, 6.45) is 0. The Bertz CT molecular complexity index is 1110. The lowest BCUT2D eigenvalue weighted by Crippen LogP contribution is -2.32. The minimum Gasteiger partial charge on any atom is -0.374 e. The van der Waals surface area contributed by atoms with Crippen molar-refractivity contribution in [1.29, 1.82) is 0 Å². The van der Waals surface area contributed by atoms with E-state index in [1.807, 2.05) is 91.0 Å². The lowest BCUT2D eigenvalue weighted by molar-refractivity contribution is -0.106. The minimum absolute atomic E-state index is 0. The van der Waals surface area contributed by atoms with E-state index >= 15 is 0 Å². The molecule has 162 valence electrons. The van der Waals surface area contributed by atoms with E-state index in [1.165, 1.54) is 0 Å². The van der Waals surface area contributed by atoms with E-state index in [4.69, 9.17) is 22.2 Å². The molecule has 0 amide bonds. The van der Waals surface area contributed by atoms with Gasteiger partial charge < -0.3 is 10.6 Å². The van der Waals surface area contributed by atoms with Crippen LogP contribution in [0.2, 0.25) is 0 Å². The van der Waals surface area contributed by atoms with Gasteiger partial charge in [-0.25, -0.2) is 0 Å². The largest absolute Gasteiger partial charge is 0.374 e. The maximum Gasteiger partial charge on any atom is 0.278 e. The van der Waals surface area contributed by atoms with Crippen molar-refractivity contribution in [1.82, 2.24) is 9.36 Å². The average Bonchev–Trinajstić information content (AvgIpc) is 3.24. The number of carbonyl (C=O) groups is 1. The summed E-state index contributed by atoms with van der Waals surface area (Å²) in [6.45, 7) is 0. The minimum atomic E-state index is -1.15. The highest BCUT2D eigenvalue weighted by molar-refractivity contribution is 7.09. The van der Waals surface area contributed by atoms with Crippen LogP contribution < -0.4 is 5.73 Å². The highest BCUT2D eigenvalue weighted by Gasteiger charge is 2.40. The highest BCUT2D eigenvalue weighted by atomic mass is 35.5. The summed E-state index contributed by atoms with van der Waals surface area (Å²) in [4.78, 5) is 22.4. The quantitative estimate of drug-likeness (QED) is 0.172. The van der Waals surface area contributed by atoms with Crippen LogP contribution in [-0.4, -0.2) is 20.3 Å². The Morgan fingerprint density at radius 3 is 1.66 bits per heavy atom. The molecule has 0 aliphatic heterocycles. The summed E-state index contributed by atoms with van der Waals surface area (Å²) in [7, 11) is 0. The molecule has 0 bridgehead atoms. The van der Waals surface area contributed by atoms with Gasteiger partial charge >= 0.3 is 0 Å². The number of benzene rings is 3. The third-order valence-corrected chi connectivity index (χ3v) is 5.38. The fourth-order valence-corrected chi connectivity index (χ4v) is 3.84. The average molecular weight is 485 g/mol. The van der Waals surface area contributed by atoms with Gasteiger partial charge in [-0.15, -0.1) is 12.4 Å². The Kier molecular flexibility index (Phi) is 7.58. The monoisotopic (exact) mass is 484 g/mol. The summed E-state index contributed by atoms with van der Waals surface area (Å²) in [6, 6.07) is 28.9. The van der Waals surface area contributed by atoms with Crippen LogP contribution in [-0.2, 0) is 15.2 Å². The molecule has 0 fully saturated rings. The summed E-state index contributed by atoms with van der Waals surface area (Å²) >= 11 is 6.73. The summed E-state index contributed by atoms with van der Waals surface area (Å²) < 4.78 is 4.05. The first-order valence-electron chi connectivity index (χ1n) is 9.33. The van der Waals surface area contributed by atoms with Gasteiger partial charge in [0.25, 0.3) is 5.24 Å². The van der Waals surface area contributed by atoms with E-state index in [2.05, 4.69) is 14.5 Å². The van der Waals surface area contributed by atoms with Crippen molar-refractivity contribution in [3.8, 4) is 0 Å². The molecule has 32 heavy (non-hydrogen) atoms. The second-order valence-electron chi connectivity index (χ2n) is 6.54. The molecule has 0 aliphatic carbocycles. The number of nitrogens with two attached hydrogens (primary N) is 1. The molecule has 4 aromatic rings. The molecule has 1 heterocycles. The number of halogens is 2. The van der Waals surface area contributed by atoms with Crippen molar-refractivity contribution in [2.24, 2.45) is 5.16 Å². The van der Waals surface area contributed by atoms with E-state index in [1.54, 1.807) is 0 Å². The fourth-order valence-electron chi connectivity index (χ4n) is 3.29.